The largest absolute Gasteiger partial charge is 0.541 e. The molecule has 2 heteroatoms. The van der Waals surface area contributed by atoms with Gasteiger partial charge in [-0.2, -0.15) is 0 Å². The van der Waals surface area contributed by atoms with E-state index in [4.69, 9.17) is 4.43 Å². The molecule has 0 aliphatic heterocycles. The van der Waals surface area contributed by atoms with Crippen molar-refractivity contribution >= 4 is 15.5 Å². The van der Waals surface area contributed by atoms with E-state index in [0.29, 0.717) is 15.3 Å². The second-order valence-corrected chi connectivity index (χ2v) is 4.76. The van der Waals surface area contributed by atoms with E-state index in [1.54, 1.807) is 0 Å². The van der Waals surface area contributed by atoms with Crippen LogP contribution in [0.15, 0.2) is 36.9 Å². The predicted octanol–water partition coefficient (Wildman–Crippen LogP) is 3.12. The van der Waals surface area contributed by atoms with Gasteiger partial charge >= 0.3 is 9.76 Å². The summed E-state index contributed by atoms with van der Waals surface area (Å²) in [4.78, 5) is 0. The van der Waals surface area contributed by atoms with Crippen molar-refractivity contribution in [2.75, 3.05) is 0 Å². The molecule has 0 atom stereocenters. The molecule has 0 spiro atoms. The van der Waals surface area contributed by atoms with Crippen LogP contribution < -0.4 is 0 Å². The van der Waals surface area contributed by atoms with E-state index in [2.05, 4.69) is 20.4 Å². The monoisotopic (exact) mass is 190 g/mol. The molecule has 0 amide bonds. The summed E-state index contributed by atoms with van der Waals surface area (Å²) in [6.45, 7) is 8.15. The third kappa shape index (κ3) is 3.47. The van der Waals surface area contributed by atoms with Crippen molar-refractivity contribution in [2.24, 2.45) is 0 Å². The second-order valence-electron chi connectivity index (χ2n) is 3.16. The van der Waals surface area contributed by atoms with Crippen LogP contribution in [0.4, 0.5) is 0 Å². The molecule has 2 radical (unpaired) electrons. The lowest BCUT2D eigenvalue weighted by Crippen LogP contribution is -2.01. The summed E-state index contributed by atoms with van der Waals surface area (Å²) in [6.07, 6.45) is 0. The molecule has 0 heterocycles. The summed E-state index contributed by atoms with van der Waals surface area (Å²) < 4.78 is 5.52. The number of benzene rings is 1. The van der Waals surface area contributed by atoms with Gasteiger partial charge in [0.2, 0.25) is 0 Å². The van der Waals surface area contributed by atoms with Crippen molar-refractivity contribution < 1.29 is 4.43 Å². The highest BCUT2D eigenvalue weighted by atomic mass is 28.2. The average Bonchev–Trinajstić information content (AvgIpc) is 2.15. The predicted molar refractivity (Wildman–Crippen MR) is 57.4 cm³/mol. The number of rotatable bonds is 4. The lowest BCUT2D eigenvalue weighted by Gasteiger charge is -2.09. The average molecular weight is 190 g/mol. The zero-order chi connectivity index (χ0) is 9.68. The molecule has 0 aliphatic rings. The molecule has 1 aromatic rings. The van der Waals surface area contributed by atoms with Gasteiger partial charge in [0.15, 0.2) is 0 Å². The van der Waals surface area contributed by atoms with E-state index in [9.17, 15) is 0 Å². The molecule has 68 valence electrons. The third-order valence-corrected chi connectivity index (χ3v) is 2.35. The Morgan fingerprint density at radius 2 is 1.92 bits per heavy atom. The molecule has 1 rings (SSSR count). The minimum atomic E-state index is 0.495. The quantitative estimate of drug-likeness (QED) is 0.523. The Bertz CT molecular complexity index is 267. The maximum atomic E-state index is 5.52. The summed E-state index contributed by atoms with van der Waals surface area (Å²) in [5.41, 5.74) is 1.64. The molecule has 0 N–H and O–H groups in total. The summed E-state index contributed by atoms with van der Waals surface area (Å²) in [6, 6.07) is 9.98. The lowest BCUT2D eigenvalue weighted by atomic mass is 10.2. The Morgan fingerprint density at radius 1 is 1.31 bits per heavy atom. The van der Waals surface area contributed by atoms with Crippen molar-refractivity contribution in [3.63, 3.8) is 0 Å². The minimum absolute atomic E-state index is 0.495. The topological polar surface area (TPSA) is 9.23 Å². The van der Waals surface area contributed by atoms with Crippen LogP contribution in [0.5, 0.6) is 0 Å². The first kappa shape index (κ1) is 10.1. The Hall–Kier alpha value is -1.02. The van der Waals surface area contributed by atoms with Gasteiger partial charge in [0.1, 0.15) is 5.76 Å². The first-order valence-corrected chi connectivity index (χ1v) is 5.35. The van der Waals surface area contributed by atoms with E-state index >= 15 is 0 Å². The van der Waals surface area contributed by atoms with Crippen molar-refractivity contribution in [3.8, 4) is 0 Å². The van der Waals surface area contributed by atoms with E-state index in [0.717, 1.165) is 11.3 Å². The van der Waals surface area contributed by atoms with Gasteiger partial charge in [-0.3, -0.25) is 0 Å². The standard InChI is InChI=1S/C11H14OSi/c1-9(2)13-12-10(3)11-7-5-4-6-8-11/h4-9H,3H2,1-2H3. The van der Waals surface area contributed by atoms with Crippen LogP contribution in [0.25, 0.3) is 5.76 Å². The summed E-state index contributed by atoms with van der Waals surface area (Å²) in [5, 5.41) is 0. The highest BCUT2D eigenvalue weighted by Gasteiger charge is 2.02. The fourth-order valence-corrected chi connectivity index (χ4v) is 1.37. The SMILES string of the molecule is C=C(O[Si]C(C)C)c1ccccc1. The first-order valence-electron chi connectivity index (χ1n) is 4.37. The minimum Gasteiger partial charge on any atom is -0.541 e. The highest BCUT2D eigenvalue weighted by Crippen LogP contribution is 2.13. The Balaban J connectivity index is 2.50. The molecule has 1 nitrogen and oxygen atoms in total. The van der Waals surface area contributed by atoms with Gasteiger partial charge in [0, 0.05) is 5.56 Å². The Morgan fingerprint density at radius 3 is 2.46 bits per heavy atom. The van der Waals surface area contributed by atoms with Crippen molar-refractivity contribution in [1.82, 2.24) is 0 Å². The fraction of sp³-hybridized carbons (Fsp3) is 0.273. The molecule has 1 aromatic carbocycles. The van der Waals surface area contributed by atoms with Crippen LogP contribution in [0.3, 0.4) is 0 Å². The van der Waals surface area contributed by atoms with Crippen molar-refractivity contribution in [3.05, 3.63) is 42.5 Å². The Kier molecular flexibility index (Phi) is 3.77. The van der Waals surface area contributed by atoms with Gasteiger partial charge in [-0.15, -0.1) is 0 Å². The number of hydrogen-bond donors (Lipinski definition) is 0. The van der Waals surface area contributed by atoms with Gasteiger partial charge < -0.3 is 4.43 Å². The molecule has 0 saturated heterocycles. The molecule has 13 heavy (non-hydrogen) atoms. The van der Waals surface area contributed by atoms with Gasteiger partial charge in [-0.05, 0) is 5.54 Å². The maximum Gasteiger partial charge on any atom is 0.313 e. The zero-order valence-corrected chi connectivity index (χ0v) is 9.08. The highest BCUT2D eigenvalue weighted by molar-refractivity contribution is 6.30. The fourth-order valence-electron chi connectivity index (χ4n) is 0.872. The Labute approximate surface area is 82.4 Å². The van der Waals surface area contributed by atoms with Gasteiger partial charge in [0.25, 0.3) is 0 Å². The lowest BCUT2D eigenvalue weighted by molar-refractivity contribution is 0.541. The summed E-state index contributed by atoms with van der Waals surface area (Å²) in [5.74, 6) is 0.771. The van der Waals surface area contributed by atoms with E-state index in [1.807, 2.05) is 30.3 Å². The second kappa shape index (κ2) is 4.87. The summed E-state index contributed by atoms with van der Waals surface area (Å²) >= 11 is 0. The van der Waals surface area contributed by atoms with Crippen molar-refractivity contribution in [2.45, 2.75) is 19.4 Å². The zero-order valence-electron chi connectivity index (χ0n) is 8.08. The molecule has 0 aromatic heterocycles. The first-order chi connectivity index (χ1) is 6.20. The van der Waals surface area contributed by atoms with Gasteiger partial charge in [0.05, 0.1) is 0 Å². The normalized spacial score (nSPS) is 10.1. The molecule has 0 bridgehead atoms. The summed E-state index contributed by atoms with van der Waals surface area (Å²) in [7, 11) is 0.495. The van der Waals surface area contributed by atoms with Crippen LogP contribution in [-0.2, 0) is 4.43 Å². The molecule has 0 unspecified atom stereocenters. The smallest absolute Gasteiger partial charge is 0.313 e. The molecular formula is C11H14OSi. The van der Waals surface area contributed by atoms with Crippen LogP contribution in [0.2, 0.25) is 5.54 Å². The van der Waals surface area contributed by atoms with E-state index in [1.165, 1.54) is 0 Å². The van der Waals surface area contributed by atoms with Crippen LogP contribution in [0.1, 0.15) is 19.4 Å². The van der Waals surface area contributed by atoms with Crippen molar-refractivity contribution in [1.29, 1.82) is 0 Å². The number of hydrogen-bond acceptors (Lipinski definition) is 1. The van der Waals surface area contributed by atoms with Crippen LogP contribution in [0, 0.1) is 0 Å². The van der Waals surface area contributed by atoms with Gasteiger partial charge in [-0.1, -0.05) is 50.8 Å². The molecule has 0 saturated carbocycles. The maximum absolute atomic E-state index is 5.52. The molecule has 0 fully saturated rings. The van der Waals surface area contributed by atoms with Crippen LogP contribution >= 0.6 is 0 Å². The van der Waals surface area contributed by atoms with Crippen LogP contribution in [-0.4, -0.2) is 9.76 Å². The van der Waals surface area contributed by atoms with E-state index in [-0.39, 0.29) is 0 Å². The molecule has 0 aliphatic carbocycles. The van der Waals surface area contributed by atoms with E-state index < -0.39 is 0 Å². The molecular weight excluding hydrogens is 176 g/mol. The van der Waals surface area contributed by atoms with Gasteiger partial charge in [-0.25, -0.2) is 0 Å². The third-order valence-electron chi connectivity index (χ3n) is 1.51.